The molecule has 1 N–H and O–H groups in total. The van der Waals surface area contributed by atoms with Crippen molar-refractivity contribution in [2.24, 2.45) is 0 Å². The Kier molecular flexibility index (Phi) is 6.32. The van der Waals surface area contributed by atoms with E-state index >= 15 is 0 Å². The molecule has 0 unspecified atom stereocenters. The normalized spacial score (nSPS) is 13.4. The van der Waals surface area contributed by atoms with Crippen molar-refractivity contribution in [2.45, 2.75) is 24.3 Å². The molecule has 0 bridgehead atoms. The van der Waals surface area contributed by atoms with E-state index in [0.717, 1.165) is 5.75 Å². The molecule has 0 radical (unpaired) electrons. The lowest BCUT2D eigenvalue weighted by molar-refractivity contribution is -0.115. The fraction of sp³-hybridized carbons (Fsp3) is 0.250. The van der Waals surface area contributed by atoms with Crippen LogP contribution in [0.5, 0.6) is 17.2 Å². The molecule has 35 heavy (non-hydrogen) atoms. The molecule has 3 heterocycles. The summed E-state index contributed by atoms with van der Waals surface area (Å²) in [6.45, 7) is 5.22. The average molecular weight is 494 g/mol. The van der Waals surface area contributed by atoms with E-state index in [4.69, 9.17) is 14.2 Å². The zero-order valence-electron chi connectivity index (χ0n) is 19.1. The second-order valence-electron chi connectivity index (χ2n) is 7.68. The average Bonchev–Trinajstić information content (AvgIpc) is 3.28. The molecule has 11 heteroatoms. The van der Waals surface area contributed by atoms with E-state index in [1.807, 2.05) is 19.1 Å². The van der Waals surface area contributed by atoms with Gasteiger partial charge in [-0.15, -0.1) is 10.2 Å². The van der Waals surface area contributed by atoms with Crippen LogP contribution in [0.15, 0.2) is 64.8 Å². The van der Waals surface area contributed by atoms with Gasteiger partial charge in [0.05, 0.1) is 11.9 Å². The number of anilines is 1. The van der Waals surface area contributed by atoms with Crippen molar-refractivity contribution in [1.82, 2.24) is 19.2 Å². The van der Waals surface area contributed by atoms with Crippen LogP contribution in [0.4, 0.5) is 5.69 Å². The fourth-order valence-electron chi connectivity index (χ4n) is 3.60. The summed E-state index contributed by atoms with van der Waals surface area (Å²) in [6, 6.07) is 12.5. The molecule has 2 aromatic heterocycles. The lowest BCUT2D eigenvalue weighted by atomic mass is 10.2. The third kappa shape index (κ3) is 4.67. The van der Waals surface area contributed by atoms with Crippen LogP contribution in [-0.4, -0.2) is 50.1 Å². The van der Waals surface area contributed by atoms with Gasteiger partial charge in [-0.3, -0.25) is 18.6 Å². The highest BCUT2D eigenvalue weighted by Gasteiger charge is 2.20. The van der Waals surface area contributed by atoms with Crippen LogP contribution in [0.1, 0.15) is 13.8 Å². The first-order valence-electron chi connectivity index (χ1n) is 11.1. The molecule has 1 aliphatic heterocycles. The van der Waals surface area contributed by atoms with Crippen molar-refractivity contribution >= 4 is 29.0 Å². The summed E-state index contributed by atoms with van der Waals surface area (Å²) < 4.78 is 19.6. The lowest BCUT2D eigenvalue weighted by Crippen LogP contribution is -2.23. The third-order valence-electron chi connectivity index (χ3n) is 5.33. The Bertz CT molecular complexity index is 1430. The number of aromatic nitrogens is 4. The van der Waals surface area contributed by atoms with E-state index in [2.05, 4.69) is 15.5 Å². The van der Waals surface area contributed by atoms with Crippen LogP contribution in [-0.2, 0) is 4.79 Å². The van der Waals surface area contributed by atoms with Gasteiger partial charge in [0.1, 0.15) is 19.0 Å². The molecule has 1 atom stereocenters. The number of amides is 1. The highest BCUT2D eigenvalue weighted by atomic mass is 32.2. The van der Waals surface area contributed by atoms with Crippen molar-refractivity contribution in [2.75, 3.05) is 25.1 Å². The van der Waals surface area contributed by atoms with Gasteiger partial charge in [-0.05, 0) is 50.2 Å². The maximum atomic E-state index is 13.0. The Morgan fingerprint density at radius 3 is 2.66 bits per heavy atom. The Labute approximate surface area is 204 Å². The van der Waals surface area contributed by atoms with Crippen LogP contribution in [0.3, 0.4) is 0 Å². The third-order valence-corrected chi connectivity index (χ3v) is 6.38. The maximum Gasteiger partial charge on any atom is 0.300 e. The number of nitrogens with one attached hydrogen (secondary N) is 1. The van der Waals surface area contributed by atoms with E-state index in [1.165, 1.54) is 16.3 Å². The summed E-state index contributed by atoms with van der Waals surface area (Å²) in [5.74, 6) is 1.77. The summed E-state index contributed by atoms with van der Waals surface area (Å²) in [7, 11) is 0. The Hall–Kier alpha value is -3.99. The first kappa shape index (κ1) is 22.8. The molecule has 0 saturated carbocycles. The van der Waals surface area contributed by atoms with Gasteiger partial charge in [-0.2, -0.15) is 0 Å². The number of benzene rings is 2. The van der Waals surface area contributed by atoms with Gasteiger partial charge in [0, 0.05) is 29.8 Å². The molecule has 0 aliphatic carbocycles. The van der Waals surface area contributed by atoms with Crippen LogP contribution in [0.2, 0.25) is 0 Å². The molecular weight excluding hydrogens is 470 g/mol. The fourth-order valence-corrected chi connectivity index (χ4v) is 4.43. The SMILES string of the molecule is CCOc1ccc(-n2ccn3c(S[C@H](C)C(=O)Nc4ccc5c(c4)OCCO5)nnc3c2=O)cc1. The van der Waals surface area contributed by atoms with E-state index in [1.54, 1.807) is 54.0 Å². The number of carbonyl (C=O) groups excluding carboxylic acids is 1. The van der Waals surface area contributed by atoms with E-state index in [-0.39, 0.29) is 17.1 Å². The Morgan fingerprint density at radius 2 is 1.89 bits per heavy atom. The molecular formula is C24H23N5O5S. The largest absolute Gasteiger partial charge is 0.494 e. The first-order valence-corrected chi connectivity index (χ1v) is 12.0. The Morgan fingerprint density at radius 1 is 1.11 bits per heavy atom. The van der Waals surface area contributed by atoms with Crippen molar-refractivity contribution in [3.8, 4) is 22.9 Å². The van der Waals surface area contributed by atoms with E-state index < -0.39 is 5.25 Å². The predicted molar refractivity (Wildman–Crippen MR) is 131 cm³/mol. The van der Waals surface area contributed by atoms with E-state index in [9.17, 15) is 9.59 Å². The zero-order chi connectivity index (χ0) is 24.4. The number of carbonyl (C=O) groups is 1. The first-order chi connectivity index (χ1) is 17.0. The molecule has 2 aromatic carbocycles. The lowest BCUT2D eigenvalue weighted by Gasteiger charge is -2.19. The van der Waals surface area contributed by atoms with Crippen LogP contribution in [0, 0.1) is 0 Å². The number of hydrogen-bond donors (Lipinski definition) is 1. The molecule has 4 aromatic rings. The van der Waals surface area contributed by atoms with Gasteiger partial charge in [0.15, 0.2) is 16.7 Å². The van der Waals surface area contributed by atoms with Crippen LogP contribution < -0.4 is 25.1 Å². The highest BCUT2D eigenvalue weighted by Crippen LogP contribution is 2.33. The van der Waals surface area contributed by atoms with Crippen molar-refractivity contribution in [3.05, 3.63) is 65.2 Å². The van der Waals surface area contributed by atoms with Crippen LogP contribution in [0.25, 0.3) is 11.3 Å². The smallest absolute Gasteiger partial charge is 0.300 e. The summed E-state index contributed by atoms with van der Waals surface area (Å²) in [5.41, 5.74) is 1.15. The van der Waals surface area contributed by atoms with Gasteiger partial charge >= 0.3 is 5.56 Å². The summed E-state index contributed by atoms with van der Waals surface area (Å²) in [5, 5.41) is 11.0. The van der Waals surface area contributed by atoms with Gasteiger partial charge in [0.25, 0.3) is 0 Å². The molecule has 0 fully saturated rings. The molecule has 1 aliphatic rings. The van der Waals surface area contributed by atoms with Crippen molar-refractivity contribution in [1.29, 1.82) is 0 Å². The minimum atomic E-state index is -0.496. The van der Waals surface area contributed by atoms with Crippen molar-refractivity contribution < 1.29 is 19.0 Å². The summed E-state index contributed by atoms with van der Waals surface area (Å²) in [4.78, 5) is 25.8. The number of rotatable bonds is 7. The maximum absolute atomic E-state index is 13.0. The Balaban J connectivity index is 1.31. The van der Waals surface area contributed by atoms with E-state index in [0.29, 0.717) is 47.9 Å². The summed E-state index contributed by atoms with van der Waals surface area (Å²) in [6.07, 6.45) is 3.36. The van der Waals surface area contributed by atoms with Gasteiger partial charge < -0.3 is 19.5 Å². The molecule has 180 valence electrons. The topological polar surface area (TPSA) is 109 Å². The monoisotopic (exact) mass is 493 g/mol. The predicted octanol–water partition coefficient (Wildman–Crippen LogP) is 3.17. The van der Waals surface area contributed by atoms with Gasteiger partial charge in [-0.1, -0.05) is 11.8 Å². The summed E-state index contributed by atoms with van der Waals surface area (Å²) >= 11 is 1.21. The molecule has 10 nitrogen and oxygen atoms in total. The van der Waals surface area contributed by atoms with Crippen LogP contribution >= 0.6 is 11.8 Å². The minimum Gasteiger partial charge on any atom is -0.494 e. The number of thioether (sulfide) groups is 1. The molecule has 1 amide bonds. The second-order valence-corrected chi connectivity index (χ2v) is 8.99. The standard InChI is InChI=1S/C24H23N5O5S/c1-3-32-18-7-5-17(6-8-18)28-10-11-29-21(23(28)31)26-27-24(29)35-15(2)22(30)25-16-4-9-19-20(14-16)34-13-12-33-19/h4-11,14-15H,3,12-13H2,1-2H3,(H,25,30)/t15-/m1/s1. The number of hydrogen-bond acceptors (Lipinski definition) is 8. The number of ether oxygens (including phenoxy) is 3. The van der Waals surface area contributed by atoms with Crippen molar-refractivity contribution in [3.63, 3.8) is 0 Å². The zero-order valence-corrected chi connectivity index (χ0v) is 19.9. The number of nitrogens with zero attached hydrogens (tertiary/aromatic N) is 4. The molecule has 5 rings (SSSR count). The molecule has 0 saturated heterocycles. The minimum absolute atomic E-state index is 0.170. The highest BCUT2D eigenvalue weighted by molar-refractivity contribution is 8.00. The molecule has 0 spiro atoms. The van der Waals surface area contributed by atoms with Gasteiger partial charge in [-0.25, -0.2) is 0 Å². The second kappa shape index (κ2) is 9.71. The van der Waals surface area contributed by atoms with Gasteiger partial charge in [0.2, 0.25) is 11.6 Å². The quantitative estimate of drug-likeness (QED) is 0.391. The number of fused-ring (bicyclic) bond motifs is 2.